The Hall–Kier alpha value is -2.18. The molecule has 24 heavy (non-hydrogen) atoms. The van der Waals surface area contributed by atoms with E-state index < -0.39 is 0 Å². The molecule has 3 aromatic rings. The molecule has 126 valence electrons. The van der Waals surface area contributed by atoms with Gasteiger partial charge in [-0.2, -0.15) is 5.10 Å². The van der Waals surface area contributed by atoms with Gasteiger partial charge in [0.05, 0.1) is 5.69 Å². The summed E-state index contributed by atoms with van der Waals surface area (Å²) in [6.45, 7) is 7.94. The molecule has 0 unspecified atom stereocenters. The van der Waals surface area contributed by atoms with Gasteiger partial charge >= 0.3 is 0 Å². The third kappa shape index (κ3) is 3.83. The largest absolute Gasteiger partial charge is 0.349 e. The van der Waals surface area contributed by atoms with Crippen molar-refractivity contribution in [3.63, 3.8) is 0 Å². The maximum atomic E-state index is 4.53. The molecule has 0 atom stereocenters. The lowest BCUT2D eigenvalue weighted by Crippen LogP contribution is -2.21. The van der Waals surface area contributed by atoms with Crippen molar-refractivity contribution in [3.05, 3.63) is 59.4 Å². The number of para-hydroxylation sites is 1. The zero-order chi connectivity index (χ0) is 16.8. The molecule has 0 radical (unpaired) electrons. The lowest BCUT2D eigenvalue weighted by atomic mass is 10.2. The molecule has 0 fully saturated rings. The van der Waals surface area contributed by atoms with Crippen molar-refractivity contribution in [1.82, 2.24) is 20.1 Å². The van der Waals surface area contributed by atoms with Gasteiger partial charge < -0.3 is 10.2 Å². The monoisotopic (exact) mass is 341 g/mol. The number of anilines is 1. The van der Waals surface area contributed by atoms with Crippen molar-refractivity contribution in [3.8, 4) is 5.69 Å². The summed E-state index contributed by atoms with van der Waals surface area (Å²) in [6.07, 6.45) is 5.75. The van der Waals surface area contributed by atoms with Crippen molar-refractivity contribution < 1.29 is 0 Å². The van der Waals surface area contributed by atoms with Crippen molar-refractivity contribution >= 4 is 16.5 Å². The van der Waals surface area contributed by atoms with Crippen molar-refractivity contribution in [2.45, 2.75) is 26.9 Å². The number of hydrogen-bond acceptors (Lipinski definition) is 5. The van der Waals surface area contributed by atoms with Crippen LogP contribution in [0.4, 0.5) is 5.13 Å². The minimum atomic E-state index is 0.800. The van der Waals surface area contributed by atoms with Crippen LogP contribution in [0.5, 0.6) is 0 Å². The van der Waals surface area contributed by atoms with Gasteiger partial charge in [0.1, 0.15) is 0 Å². The second-order valence-corrected chi connectivity index (χ2v) is 6.56. The van der Waals surface area contributed by atoms with Crippen LogP contribution in [0.1, 0.15) is 24.3 Å². The van der Waals surface area contributed by atoms with Gasteiger partial charge in [-0.05, 0) is 31.5 Å². The maximum absolute atomic E-state index is 4.53. The summed E-state index contributed by atoms with van der Waals surface area (Å²) in [5.74, 6) is 0. The molecule has 2 aromatic heterocycles. The van der Waals surface area contributed by atoms with Crippen LogP contribution in [-0.2, 0) is 13.1 Å². The highest BCUT2D eigenvalue weighted by Gasteiger charge is 2.08. The second kappa shape index (κ2) is 8.08. The smallest absolute Gasteiger partial charge is 0.185 e. The van der Waals surface area contributed by atoms with Gasteiger partial charge in [-0.25, -0.2) is 9.67 Å². The van der Waals surface area contributed by atoms with E-state index in [2.05, 4.69) is 52.3 Å². The lowest BCUT2D eigenvalue weighted by molar-refractivity contribution is 0.692. The number of hydrogen-bond donors (Lipinski definition) is 1. The van der Waals surface area contributed by atoms with Crippen molar-refractivity contribution in [2.75, 3.05) is 18.0 Å². The summed E-state index contributed by atoms with van der Waals surface area (Å²) >= 11 is 1.76. The van der Waals surface area contributed by atoms with Crippen LogP contribution in [0.2, 0.25) is 0 Å². The Morgan fingerprint density at radius 1 is 1.12 bits per heavy atom. The molecule has 5 nitrogen and oxygen atoms in total. The number of benzene rings is 1. The fourth-order valence-electron chi connectivity index (χ4n) is 2.63. The average molecular weight is 341 g/mol. The van der Waals surface area contributed by atoms with Crippen LogP contribution in [0.3, 0.4) is 0 Å². The van der Waals surface area contributed by atoms with Crippen LogP contribution < -0.4 is 10.2 Å². The molecule has 1 aromatic carbocycles. The van der Waals surface area contributed by atoms with E-state index in [1.807, 2.05) is 29.2 Å². The predicted octanol–water partition coefficient (Wildman–Crippen LogP) is 3.46. The number of thiazole rings is 1. The maximum Gasteiger partial charge on any atom is 0.185 e. The van der Waals surface area contributed by atoms with E-state index in [0.29, 0.717) is 0 Å². The predicted molar refractivity (Wildman–Crippen MR) is 99.8 cm³/mol. The third-order valence-corrected chi connectivity index (χ3v) is 4.99. The molecule has 0 bridgehead atoms. The Morgan fingerprint density at radius 2 is 1.96 bits per heavy atom. The van der Waals surface area contributed by atoms with Gasteiger partial charge in [-0.3, -0.25) is 0 Å². The number of rotatable bonds is 8. The normalized spacial score (nSPS) is 10.9. The zero-order valence-corrected chi connectivity index (χ0v) is 15.0. The van der Waals surface area contributed by atoms with Crippen LogP contribution in [0.25, 0.3) is 5.69 Å². The van der Waals surface area contributed by atoms with Gasteiger partial charge in [0.15, 0.2) is 5.13 Å². The van der Waals surface area contributed by atoms with Crippen LogP contribution in [0.15, 0.2) is 48.9 Å². The second-order valence-electron chi connectivity index (χ2n) is 5.46. The van der Waals surface area contributed by atoms with Gasteiger partial charge in [0.25, 0.3) is 0 Å². The molecule has 0 spiro atoms. The molecule has 1 N–H and O–H groups in total. The summed E-state index contributed by atoms with van der Waals surface area (Å²) in [4.78, 5) is 8.07. The Labute approximate surface area is 147 Å². The summed E-state index contributed by atoms with van der Waals surface area (Å²) in [5, 5.41) is 8.96. The Bertz CT molecular complexity index is 746. The Morgan fingerprint density at radius 3 is 2.71 bits per heavy atom. The molecule has 0 saturated carbocycles. The molecule has 0 saturated heterocycles. The lowest BCUT2D eigenvalue weighted by Gasteiger charge is -2.16. The topological polar surface area (TPSA) is 46.0 Å². The summed E-state index contributed by atoms with van der Waals surface area (Å²) in [7, 11) is 0. The first kappa shape index (κ1) is 16.7. The molecular weight excluding hydrogens is 318 g/mol. The summed E-state index contributed by atoms with van der Waals surface area (Å²) < 4.78 is 1.90. The highest BCUT2D eigenvalue weighted by Crippen LogP contribution is 2.22. The molecule has 0 aliphatic carbocycles. The number of aromatic nitrogens is 3. The molecule has 0 aliphatic heterocycles. The highest BCUT2D eigenvalue weighted by molar-refractivity contribution is 7.15. The molecular formula is C18H23N5S. The fourth-order valence-corrected chi connectivity index (χ4v) is 3.64. The first-order valence-electron chi connectivity index (χ1n) is 8.30. The van der Waals surface area contributed by atoms with Gasteiger partial charge in [0, 0.05) is 49.6 Å². The fraction of sp³-hybridized carbons (Fsp3) is 0.333. The summed E-state index contributed by atoms with van der Waals surface area (Å²) in [5.41, 5.74) is 2.35. The first-order chi connectivity index (χ1) is 11.8. The third-order valence-electron chi connectivity index (χ3n) is 3.93. The van der Waals surface area contributed by atoms with E-state index in [4.69, 9.17) is 0 Å². The van der Waals surface area contributed by atoms with E-state index in [0.717, 1.165) is 37.0 Å². The van der Waals surface area contributed by atoms with Gasteiger partial charge in [0.2, 0.25) is 0 Å². The zero-order valence-electron chi connectivity index (χ0n) is 14.1. The van der Waals surface area contributed by atoms with E-state index in [9.17, 15) is 0 Å². The Kier molecular flexibility index (Phi) is 5.61. The standard InChI is InChI=1S/C18H23N5S/c1-3-22(4-2)18-20-14-16(24-18)13-19-12-15-8-5-6-9-17(15)23-11-7-10-21-23/h5-11,14,19H,3-4,12-13H2,1-2H3. The molecule has 0 amide bonds. The highest BCUT2D eigenvalue weighted by atomic mass is 32.1. The average Bonchev–Trinajstić information content (AvgIpc) is 3.29. The molecule has 6 heteroatoms. The number of nitrogens with zero attached hydrogens (tertiary/aromatic N) is 4. The van der Waals surface area contributed by atoms with Crippen molar-refractivity contribution in [1.29, 1.82) is 0 Å². The Balaban J connectivity index is 1.61. The molecule has 0 aliphatic rings. The van der Waals surface area contributed by atoms with E-state index in [1.165, 1.54) is 10.4 Å². The van der Waals surface area contributed by atoms with E-state index >= 15 is 0 Å². The van der Waals surface area contributed by atoms with Crippen molar-refractivity contribution in [2.24, 2.45) is 0 Å². The SMILES string of the molecule is CCN(CC)c1ncc(CNCc2ccccc2-n2cccn2)s1. The van der Waals surface area contributed by atoms with Gasteiger partial charge in [-0.15, -0.1) is 11.3 Å². The van der Waals surface area contributed by atoms with E-state index in [1.54, 1.807) is 17.5 Å². The quantitative estimate of drug-likeness (QED) is 0.681. The van der Waals surface area contributed by atoms with Crippen LogP contribution >= 0.6 is 11.3 Å². The molecule has 2 heterocycles. The van der Waals surface area contributed by atoms with Gasteiger partial charge in [-0.1, -0.05) is 18.2 Å². The van der Waals surface area contributed by atoms with Crippen LogP contribution in [-0.4, -0.2) is 27.9 Å². The van der Waals surface area contributed by atoms with E-state index in [-0.39, 0.29) is 0 Å². The minimum Gasteiger partial charge on any atom is -0.349 e. The molecule has 3 rings (SSSR count). The summed E-state index contributed by atoms with van der Waals surface area (Å²) in [6, 6.07) is 10.3. The first-order valence-corrected chi connectivity index (χ1v) is 9.11. The minimum absolute atomic E-state index is 0.800. The number of nitrogens with one attached hydrogen (secondary N) is 1. The van der Waals surface area contributed by atoms with Crippen LogP contribution in [0, 0.1) is 0 Å².